The molecule has 1 aromatic carbocycles. The molecule has 0 aliphatic rings. The number of nitrogens with zero attached hydrogens (tertiary/aromatic N) is 1. The van der Waals surface area contributed by atoms with Crippen LogP contribution >= 0.6 is 0 Å². The summed E-state index contributed by atoms with van der Waals surface area (Å²) in [6.07, 6.45) is 1.90. The Morgan fingerprint density at radius 2 is 1.58 bits per heavy atom. The molecule has 0 saturated heterocycles. The minimum atomic E-state index is -2.34. The zero-order valence-electron chi connectivity index (χ0n) is 13.0. The zero-order valence-corrected chi connectivity index (χ0v) is 13.0. The molecule has 1 amide bonds. The van der Waals surface area contributed by atoms with Crippen LogP contribution < -0.4 is 4.74 Å². The topological polar surface area (TPSA) is 46.6 Å². The molecule has 9 heteroatoms. The van der Waals surface area contributed by atoms with Crippen molar-refractivity contribution in [3.63, 3.8) is 0 Å². The van der Waals surface area contributed by atoms with Gasteiger partial charge in [-0.05, 0) is 6.42 Å². The predicted molar refractivity (Wildman–Crippen MR) is 73.6 cm³/mol. The minimum absolute atomic E-state index is 0.113. The molecular formula is C15H16F5NO3. The van der Waals surface area contributed by atoms with E-state index in [0.717, 1.165) is 4.90 Å². The monoisotopic (exact) mass is 353 g/mol. The second kappa shape index (κ2) is 8.60. The fourth-order valence-corrected chi connectivity index (χ4v) is 1.98. The summed E-state index contributed by atoms with van der Waals surface area (Å²) in [7, 11) is 1.37. The van der Waals surface area contributed by atoms with E-state index in [1.807, 2.05) is 6.92 Å². The molecule has 1 atom stereocenters. The van der Waals surface area contributed by atoms with Crippen LogP contribution in [0.5, 0.6) is 5.75 Å². The number of hydrogen-bond acceptors (Lipinski definition) is 3. The number of ether oxygens (including phenoxy) is 1. The number of carbonyl (C=O) groups is 2. The molecule has 24 heavy (non-hydrogen) atoms. The van der Waals surface area contributed by atoms with Gasteiger partial charge in [-0.2, -0.15) is 8.78 Å². The second-order valence-electron chi connectivity index (χ2n) is 5.20. The second-order valence-corrected chi connectivity index (χ2v) is 5.20. The molecule has 0 aliphatic carbocycles. The number of benzene rings is 1. The van der Waals surface area contributed by atoms with Gasteiger partial charge in [-0.15, -0.1) is 0 Å². The Kier molecular flexibility index (Phi) is 7.12. The van der Waals surface area contributed by atoms with E-state index < -0.39 is 46.7 Å². The van der Waals surface area contributed by atoms with Gasteiger partial charge in [0.25, 0.3) is 0 Å². The van der Waals surface area contributed by atoms with Gasteiger partial charge in [0.2, 0.25) is 41.2 Å². The first-order valence-electron chi connectivity index (χ1n) is 7.13. The van der Waals surface area contributed by atoms with Crippen LogP contribution in [0.15, 0.2) is 0 Å². The van der Waals surface area contributed by atoms with Crippen molar-refractivity contribution in [1.82, 2.24) is 4.90 Å². The average molecular weight is 353 g/mol. The summed E-state index contributed by atoms with van der Waals surface area (Å²) in [6, 6.07) is 0. The third-order valence-corrected chi connectivity index (χ3v) is 3.30. The van der Waals surface area contributed by atoms with Crippen molar-refractivity contribution in [3.05, 3.63) is 29.1 Å². The van der Waals surface area contributed by atoms with Gasteiger partial charge in [-0.1, -0.05) is 19.8 Å². The normalized spacial score (nSPS) is 12.0. The fraction of sp³-hybridized carbons (Fsp3) is 0.467. The van der Waals surface area contributed by atoms with E-state index in [1.165, 1.54) is 7.05 Å². The van der Waals surface area contributed by atoms with E-state index in [4.69, 9.17) is 0 Å². The fourth-order valence-electron chi connectivity index (χ4n) is 1.98. The van der Waals surface area contributed by atoms with E-state index >= 15 is 0 Å². The standard InChI is InChI=1S/C15H16F5NO3/c1-3-4-5-8(6-21(2)7-22)15(23)24-14-12(19)10(17)9(16)11(18)13(14)20/h7-8H,3-6H2,1-2H3/t8-/m1/s1. The van der Waals surface area contributed by atoms with Gasteiger partial charge in [0, 0.05) is 13.6 Å². The van der Waals surface area contributed by atoms with E-state index in [-0.39, 0.29) is 13.0 Å². The molecule has 0 aromatic heterocycles. The summed E-state index contributed by atoms with van der Waals surface area (Å²) in [5, 5.41) is 0. The van der Waals surface area contributed by atoms with Gasteiger partial charge < -0.3 is 9.64 Å². The molecule has 1 aromatic rings. The van der Waals surface area contributed by atoms with Crippen molar-refractivity contribution in [3.8, 4) is 5.75 Å². The smallest absolute Gasteiger partial charge is 0.316 e. The summed E-state index contributed by atoms with van der Waals surface area (Å²) >= 11 is 0. The molecule has 0 N–H and O–H groups in total. The lowest BCUT2D eigenvalue weighted by Crippen LogP contribution is -2.32. The van der Waals surface area contributed by atoms with Crippen LogP contribution in [0.2, 0.25) is 0 Å². The quantitative estimate of drug-likeness (QED) is 0.180. The van der Waals surface area contributed by atoms with E-state index in [1.54, 1.807) is 0 Å². The van der Waals surface area contributed by atoms with Gasteiger partial charge in [0.05, 0.1) is 5.92 Å². The van der Waals surface area contributed by atoms with Crippen molar-refractivity contribution in [2.24, 2.45) is 5.92 Å². The Bertz CT molecular complexity index is 595. The number of hydrogen-bond donors (Lipinski definition) is 0. The van der Waals surface area contributed by atoms with Gasteiger partial charge in [-0.3, -0.25) is 9.59 Å². The number of carbonyl (C=O) groups excluding carboxylic acids is 2. The van der Waals surface area contributed by atoms with E-state index in [0.29, 0.717) is 19.3 Å². The van der Waals surface area contributed by atoms with E-state index in [2.05, 4.69) is 4.74 Å². The third kappa shape index (κ3) is 4.42. The number of halogens is 5. The molecule has 0 spiro atoms. The van der Waals surface area contributed by atoms with Crippen LogP contribution in [-0.4, -0.2) is 30.9 Å². The van der Waals surface area contributed by atoms with Crippen molar-refractivity contribution in [1.29, 1.82) is 0 Å². The van der Waals surface area contributed by atoms with Gasteiger partial charge in [0.15, 0.2) is 0 Å². The molecule has 0 unspecified atom stereocenters. The molecule has 0 heterocycles. The lowest BCUT2D eigenvalue weighted by molar-refractivity contribution is -0.140. The Hall–Kier alpha value is -2.19. The molecule has 0 radical (unpaired) electrons. The van der Waals surface area contributed by atoms with Gasteiger partial charge in [-0.25, -0.2) is 13.2 Å². The summed E-state index contributed by atoms with van der Waals surface area (Å²) < 4.78 is 70.7. The van der Waals surface area contributed by atoms with Crippen LogP contribution in [0.4, 0.5) is 22.0 Å². The molecule has 0 bridgehead atoms. The maximum atomic E-state index is 13.5. The largest absolute Gasteiger partial charge is 0.420 e. The highest BCUT2D eigenvalue weighted by Gasteiger charge is 2.30. The number of amides is 1. The Morgan fingerprint density at radius 1 is 1.08 bits per heavy atom. The Labute approximate surface area is 135 Å². The molecule has 0 aliphatic heterocycles. The lowest BCUT2D eigenvalue weighted by atomic mass is 10.0. The maximum absolute atomic E-state index is 13.5. The summed E-state index contributed by atoms with van der Waals surface area (Å²) in [4.78, 5) is 23.8. The zero-order chi connectivity index (χ0) is 18.4. The lowest BCUT2D eigenvalue weighted by Gasteiger charge is -2.20. The minimum Gasteiger partial charge on any atom is -0.420 e. The summed E-state index contributed by atoms with van der Waals surface area (Å²) in [5.41, 5.74) is 0. The van der Waals surface area contributed by atoms with Crippen molar-refractivity contribution < 1.29 is 36.3 Å². The van der Waals surface area contributed by atoms with Crippen LogP contribution in [0, 0.1) is 35.0 Å². The predicted octanol–water partition coefficient (Wildman–Crippen LogP) is 3.18. The molecule has 4 nitrogen and oxygen atoms in total. The molecule has 0 saturated carbocycles. The molecule has 0 fully saturated rings. The van der Waals surface area contributed by atoms with Crippen molar-refractivity contribution >= 4 is 12.4 Å². The molecular weight excluding hydrogens is 337 g/mol. The molecule has 134 valence electrons. The van der Waals surface area contributed by atoms with Crippen LogP contribution in [-0.2, 0) is 9.59 Å². The van der Waals surface area contributed by atoms with Gasteiger partial charge >= 0.3 is 5.97 Å². The highest BCUT2D eigenvalue weighted by atomic mass is 19.2. The SMILES string of the molecule is CCCC[C@H](CN(C)C=O)C(=O)Oc1c(F)c(F)c(F)c(F)c1F. The highest BCUT2D eigenvalue weighted by Crippen LogP contribution is 2.30. The summed E-state index contributed by atoms with van der Waals surface area (Å²) in [6.45, 7) is 1.72. The van der Waals surface area contributed by atoms with Crippen LogP contribution in [0.3, 0.4) is 0 Å². The maximum Gasteiger partial charge on any atom is 0.316 e. The van der Waals surface area contributed by atoms with Crippen molar-refractivity contribution in [2.75, 3.05) is 13.6 Å². The van der Waals surface area contributed by atoms with Crippen molar-refractivity contribution in [2.45, 2.75) is 26.2 Å². The first-order chi connectivity index (χ1) is 11.2. The summed E-state index contributed by atoms with van der Waals surface area (Å²) in [5.74, 6) is -15.0. The van der Waals surface area contributed by atoms with Gasteiger partial charge in [0.1, 0.15) is 0 Å². The Balaban J connectivity index is 3.08. The first-order valence-corrected chi connectivity index (χ1v) is 7.13. The van der Waals surface area contributed by atoms with Crippen LogP contribution in [0.1, 0.15) is 26.2 Å². The number of rotatable bonds is 8. The Morgan fingerprint density at radius 3 is 2.04 bits per heavy atom. The number of esters is 1. The highest BCUT2D eigenvalue weighted by molar-refractivity contribution is 5.75. The van der Waals surface area contributed by atoms with E-state index in [9.17, 15) is 31.5 Å². The van der Waals surface area contributed by atoms with Crippen LogP contribution in [0.25, 0.3) is 0 Å². The average Bonchev–Trinajstić information content (AvgIpc) is 2.58. The molecule has 1 rings (SSSR count). The number of unbranched alkanes of at least 4 members (excludes halogenated alkanes) is 1. The first kappa shape index (κ1) is 19.9. The third-order valence-electron chi connectivity index (χ3n) is 3.30.